The van der Waals surface area contributed by atoms with Gasteiger partial charge in [0, 0.05) is 18.8 Å². The van der Waals surface area contributed by atoms with Crippen LogP contribution in [0, 0.1) is 16.0 Å². The number of rotatable bonds is 6. The van der Waals surface area contributed by atoms with Crippen LogP contribution in [0.5, 0.6) is 0 Å². The fourth-order valence-electron chi connectivity index (χ4n) is 3.50. The van der Waals surface area contributed by atoms with E-state index in [-0.39, 0.29) is 34.0 Å². The van der Waals surface area contributed by atoms with Gasteiger partial charge >= 0.3 is 5.70 Å². The Morgan fingerprint density at radius 2 is 2.12 bits per heavy atom. The zero-order chi connectivity index (χ0) is 18.8. The van der Waals surface area contributed by atoms with E-state index in [0.717, 1.165) is 12.0 Å². The largest absolute Gasteiger partial charge is 0.320 e. The third kappa shape index (κ3) is 3.99. The van der Waals surface area contributed by atoms with E-state index in [1.54, 1.807) is 12.4 Å². The topological polar surface area (TPSA) is 85.3 Å². The molecule has 25 heavy (non-hydrogen) atoms. The minimum absolute atomic E-state index is 0.0103. The lowest BCUT2D eigenvalue weighted by Gasteiger charge is -2.50. The molecule has 1 aliphatic rings. The van der Waals surface area contributed by atoms with Crippen LogP contribution in [-0.2, 0) is 6.54 Å². The number of aromatic nitrogens is 1. The second-order valence-electron chi connectivity index (χ2n) is 7.64. The monoisotopic (exact) mass is 348 g/mol. The predicted molar refractivity (Wildman–Crippen MR) is 97.2 cm³/mol. The molecule has 0 spiro atoms. The number of nitro groups is 1. The van der Waals surface area contributed by atoms with E-state index in [1.165, 1.54) is 0 Å². The quantitative estimate of drug-likeness (QED) is 0.370. The SMILES string of the molecule is CC1=C([N+](=O)[O-])C[N+](N)(C(C)C)C(CC(C)C)N1Cc1cccnc1. The van der Waals surface area contributed by atoms with E-state index in [4.69, 9.17) is 5.84 Å². The number of allylic oxidation sites excluding steroid dienone is 1. The van der Waals surface area contributed by atoms with Crippen molar-refractivity contribution in [3.8, 4) is 0 Å². The molecular formula is C18H30N5O2+. The summed E-state index contributed by atoms with van der Waals surface area (Å²) in [5.41, 5.74) is 1.94. The van der Waals surface area contributed by atoms with Gasteiger partial charge in [-0.2, -0.15) is 5.84 Å². The van der Waals surface area contributed by atoms with Gasteiger partial charge in [0.15, 0.2) is 12.7 Å². The second-order valence-corrected chi connectivity index (χ2v) is 7.64. The van der Waals surface area contributed by atoms with Gasteiger partial charge in [-0.1, -0.05) is 19.9 Å². The van der Waals surface area contributed by atoms with Gasteiger partial charge in [0.1, 0.15) is 6.04 Å². The zero-order valence-corrected chi connectivity index (χ0v) is 15.8. The maximum atomic E-state index is 11.6. The minimum atomic E-state index is -0.278. The first-order chi connectivity index (χ1) is 11.7. The molecule has 1 aliphatic heterocycles. The van der Waals surface area contributed by atoms with Gasteiger partial charge in [0.25, 0.3) is 0 Å². The molecule has 0 bridgehead atoms. The summed E-state index contributed by atoms with van der Waals surface area (Å²) >= 11 is 0. The Hall–Kier alpha value is -1.99. The van der Waals surface area contributed by atoms with Crippen molar-refractivity contribution in [2.75, 3.05) is 6.54 Å². The van der Waals surface area contributed by atoms with E-state index in [1.807, 2.05) is 32.9 Å². The Bertz CT molecular complexity index is 644. The van der Waals surface area contributed by atoms with Crippen LogP contribution in [0.3, 0.4) is 0 Å². The summed E-state index contributed by atoms with van der Waals surface area (Å²) in [6.45, 7) is 11.0. The van der Waals surface area contributed by atoms with Gasteiger partial charge in [0.05, 0.1) is 17.2 Å². The summed E-state index contributed by atoms with van der Waals surface area (Å²) in [7, 11) is 0. The van der Waals surface area contributed by atoms with Crippen LogP contribution in [0.25, 0.3) is 0 Å². The Labute approximate surface area is 149 Å². The summed E-state index contributed by atoms with van der Waals surface area (Å²) in [4.78, 5) is 17.7. The van der Waals surface area contributed by atoms with Gasteiger partial charge in [0.2, 0.25) is 0 Å². The molecule has 0 saturated carbocycles. The third-order valence-corrected chi connectivity index (χ3v) is 5.13. The van der Waals surface area contributed by atoms with Gasteiger partial charge in [-0.3, -0.25) is 15.1 Å². The molecule has 2 N–H and O–H groups in total. The van der Waals surface area contributed by atoms with E-state index in [2.05, 4.69) is 23.7 Å². The number of nitrogens with zero attached hydrogens (tertiary/aromatic N) is 4. The maximum absolute atomic E-state index is 11.6. The molecule has 7 nitrogen and oxygen atoms in total. The fraction of sp³-hybridized carbons (Fsp3) is 0.611. The highest BCUT2D eigenvalue weighted by molar-refractivity contribution is 5.14. The Kier molecular flexibility index (Phi) is 5.80. The van der Waals surface area contributed by atoms with Crippen molar-refractivity contribution in [1.82, 2.24) is 9.88 Å². The molecule has 2 rings (SSSR count). The van der Waals surface area contributed by atoms with E-state index in [0.29, 0.717) is 18.2 Å². The highest BCUT2D eigenvalue weighted by atomic mass is 16.6. The van der Waals surface area contributed by atoms with E-state index in [9.17, 15) is 10.1 Å². The fourth-order valence-corrected chi connectivity index (χ4v) is 3.50. The van der Waals surface area contributed by atoms with Gasteiger partial charge in [-0.25, -0.2) is 4.59 Å². The summed E-state index contributed by atoms with van der Waals surface area (Å²) in [5.74, 6) is 7.21. The number of hydrogen-bond acceptors (Lipinski definition) is 5. The van der Waals surface area contributed by atoms with Crippen molar-refractivity contribution < 1.29 is 9.52 Å². The standard InChI is InChI=1S/C18H30N5O2/c1-13(2)9-18-21(11-16-7-6-8-20-10-16)15(5)17(22(24)25)12-23(18,19)14(3)4/h6-8,10,13-14,18H,9,11-12,19H2,1-5H3/q+1. The third-order valence-electron chi connectivity index (χ3n) is 5.13. The van der Waals surface area contributed by atoms with Crippen molar-refractivity contribution >= 4 is 0 Å². The normalized spacial score (nSPS) is 24.3. The molecule has 1 aromatic heterocycles. The number of pyridine rings is 1. The van der Waals surface area contributed by atoms with Crippen LogP contribution in [0.1, 0.15) is 46.6 Å². The average molecular weight is 348 g/mol. The molecule has 2 heterocycles. The van der Waals surface area contributed by atoms with Gasteiger partial charge in [-0.05, 0) is 38.3 Å². The summed E-state index contributed by atoms with van der Waals surface area (Å²) in [5, 5.41) is 11.6. The summed E-state index contributed by atoms with van der Waals surface area (Å²) in [6.07, 6.45) is 4.40. The lowest BCUT2D eigenvalue weighted by Crippen LogP contribution is -2.72. The molecule has 138 valence electrons. The van der Waals surface area contributed by atoms with Crippen molar-refractivity contribution in [2.45, 2.75) is 59.8 Å². The number of quaternary nitrogens is 1. The van der Waals surface area contributed by atoms with Crippen molar-refractivity contribution in [3.63, 3.8) is 0 Å². The molecule has 0 aromatic carbocycles. The molecule has 2 unspecified atom stereocenters. The molecular weight excluding hydrogens is 318 g/mol. The zero-order valence-electron chi connectivity index (χ0n) is 15.8. The van der Waals surface area contributed by atoms with E-state index >= 15 is 0 Å². The van der Waals surface area contributed by atoms with Crippen molar-refractivity contribution in [2.24, 2.45) is 11.8 Å². The van der Waals surface area contributed by atoms with Crippen LogP contribution in [0.4, 0.5) is 0 Å². The first kappa shape index (κ1) is 19.3. The van der Waals surface area contributed by atoms with Crippen LogP contribution in [0.15, 0.2) is 35.9 Å². The first-order valence-corrected chi connectivity index (χ1v) is 8.82. The first-order valence-electron chi connectivity index (χ1n) is 8.82. The van der Waals surface area contributed by atoms with Gasteiger partial charge < -0.3 is 4.90 Å². The lowest BCUT2D eigenvalue weighted by atomic mass is 10.00. The predicted octanol–water partition coefficient (Wildman–Crippen LogP) is 2.88. The molecule has 2 atom stereocenters. The van der Waals surface area contributed by atoms with Gasteiger partial charge in [-0.15, -0.1) is 0 Å². The Morgan fingerprint density at radius 3 is 2.60 bits per heavy atom. The molecule has 1 aromatic rings. The number of hydrogen-bond donors (Lipinski definition) is 1. The summed E-state index contributed by atoms with van der Waals surface area (Å²) < 4.78 is 0.159. The molecule has 7 heteroatoms. The average Bonchev–Trinajstić information content (AvgIpc) is 2.54. The Morgan fingerprint density at radius 1 is 1.44 bits per heavy atom. The van der Waals surface area contributed by atoms with Crippen LogP contribution in [-0.4, -0.2) is 38.2 Å². The van der Waals surface area contributed by atoms with Crippen LogP contribution in [0.2, 0.25) is 0 Å². The second kappa shape index (κ2) is 7.49. The highest BCUT2D eigenvalue weighted by Crippen LogP contribution is 2.34. The maximum Gasteiger partial charge on any atom is 0.320 e. The van der Waals surface area contributed by atoms with Crippen molar-refractivity contribution in [3.05, 3.63) is 51.6 Å². The molecule has 0 amide bonds. The molecule has 0 fully saturated rings. The lowest BCUT2D eigenvalue weighted by molar-refractivity contribution is -0.994. The summed E-state index contributed by atoms with van der Waals surface area (Å²) in [6, 6.07) is 3.95. The molecule has 0 saturated heterocycles. The smallest absolute Gasteiger partial charge is 0.314 e. The van der Waals surface area contributed by atoms with E-state index < -0.39 is 0 Å². The van der Waals surface area contributed by atoms with Crippen molar-refractivity contribution in [1.29, 1.82) is 0 Å². The highest BCUT2D eigenvalue weighted by Gasteiger charge is 2.50. The number of nitrogens with two attached hydrogens (primary N) is 1. The Balaban J connectivity index is 2.53. The van der Waals surface area contributed by atoms with Crippen LogP contribution >= 0.6 is 0 Å². The molecule has 0 aliphatic carbocycles. The van der Waals surface area contributed by atoms with Crippen LogP contribution < -0.4 is 5.84 Å². The molecule has 0 radical (unpaired) electrons. The minimum Gasteiger partial charge on any atom is -0.314 e.